The Hall–Kier alpha value is -4.29. The van der Waals surface area contributed by atoms with Crippen molar-refractivity contribution in [1.29, 1.82) is 0 Å². The molecule has 3 aromatic rings. The number of carbonyl (C=O) groups excluding carboxylic acids is 1. The summed E-state index contributed by atoms with van der Waals surface area (Å²) >= 11 is 0. The van der Waals surface area contributed by atoms with Gasteiger partial charge in [-0.1, -0.05) is 0 Å². The smallest absolute Gasteiger partial charge is 0.414 e. The van der Waals surface area contributed by atoms with Gasteiger partial charge in [0.05, 0.1) is 19.4 Å². The van der Waals surface area contributed by atoms with E-state index in [1.165, 1.54) is 4.57 Å². The Kier molecular flexibility index (Phi) is 6.77. The number of aliphatic carboxylic acids is 2. The molecule has 0 spiro atoms. The fourth-order valence-electron chi connectivity index (χ4n) is 3.18. The molecule has 0 aliphatic carbocycles. The van der Waals surface area contributed by atoms with Crippen LogP contribution in [0.4, 0.5) is 0 Å². The van der Waals surface area contributed by atoms with Gasteiger partial charge in [-0.15, -0.1) is 10.2 Å². The lowest BCUT2D eigenvalue weighted by Crippen LogP contribution is -2.36. The predicted octanol–water partition coefficient (Wildman–Crippen LogP) is -0.577. The number of carbonyl (C=O) groups is 3. The summed E-state index contributed by atoms with van der Waals surface area (Å²) in [5.74, 6) is -2.34. The van der Waals surface area contributed by atoms with Gasteiger partial charge < -0.3 is 28.8 Å². The minimum atomic E-state index is -1.82. The number of hydrogen-bond donors (Lipinski definition) is 2. The SMILES string of the molecule is Cn1cccc(C(=O)N2CCCn3c(nnc3Cn3ccnc3)C2)c1=O.O=C(O)C(=O)O. The molecule has 0 fully saturated rings. The molecule has 13 nitrogen and oxygen atoms in total. The molecule has 0 aromatic carbocycles. The molecule has 2 N–H and O–H groups in total. The molecule has 1 aliphatic rings. The number of carboxylic acid groups (broad SMARTS) is 2. The van der Waals surface area contributed by atoms with E-state index in [2.05, 4.69) is 19.7 Å². The van der Waals surface area contributed by atoms with Crippen LogP contribution < -0.4 is 5.56 Å². The zero-order valence-electron chi connectivity index (χ0n) is 17.2. The fraction of sp³-hybridized carbons (Fsp3) is 0.316. The van der Waals surface area contributed by atoms with Crippen molar-refractivity contribution in [2.24, 2.45) is 7.05 Å². The average Bonchev–Trinajstić information content (AvgIpc) is 3.35. The van der Waals surface area contributed by atoms with Gasteiger partial charge >= 0.3 is 11.9 Å². The molecule has 168 valence electrons. The summed E-state index contributed by atoms with van der Waals surface area (Å²) in [4.78, 5) is 49.0. The molecule has 0 saturated heterocycles. The maximum Gasteiger partial charge on any atom is 0.414 e. The first kappa shape index (κ1) is 22.4. The van der Waals surface area contributed by atoms with Gasteiger partial charge in [0.2, 0.25) is 0 Å². The number of imidazole rings is 1. The first-order chi connectivity index (χ1) is 15.3. The van der Waals surface area contributed by atoms with Gasteiger partial charge in [-0.25, -0.2) is 14.6 Å². The number of rotatable bonds is 3. The molecule has 1 amide bonds. The minimum absolute atomic E-state index is 0.182. The standard InChI is InChI=1S/C17H19N7O2.C2H2O4/c1-21-6-2-4-13(16(21)25)17(26)23-7-3-8-24-14(19-20-15(24)11-23)10-22-9-5-18-12-22;3-1(4)2(5)6/h2,4-6,9,12H,3,7-8,10-11H2,1H3;(H,3,4)(H,5,6). The number of nitrogens with zero attached hydrogens (tertiary/aromatic N) is 7. The van der Waals surface area contributed by atoms with Gasteiger partial charge in [-0.2, -0.15) is 0 Å². The summed E-state index contributed by atoms with van der Waals surface area (Å²) in [5, 5.41) is 23.3. The molecule has 0 radical (unpaired) electrons. The normalized spacial score (nSPS) is 12.8. The average molecular weight is 443 g/mol. The summed E-state index contributed by atoms with van der Waals surface area (Å²) in [6.07, 6.45) is 7.75. The van der Waals surface area contributed by atoms with E-state index >= 15 is 0 Å². The third-order valence-electron chi connectivity index (χ3n) is 4.75. The van der Waals surface area contributed by atoms with Crippen LogP contribution in [0.5, 0.6) is 0 Å². The third-order valence-corrected chi connectivity index (χ3v) is 4.75. The van der Waals surface area contributed by atoms with Crippen molar-refractivity contribution in [3.8, 4) is 0 Å². The van der Waals surface area contributed by atoms with Crippen molar-refractivity contribution in [1.82, 2.24) is 33.8 Å². The predicted molar refractivity (Wildman–Crippen MR) is 108 cm³/mol. The Morgan fingerprint density at radius 2 is 1.84 bits per heavy atom. The molecular weight excluding hydrogens is 422 g/mol. The maximum atomic E-state index is 12.8. The lowest BCUT2D eigenvalue weighted by molar-refractivity contribution is -0.159. The largest absolute Gasteiger partial charge is 0.473 e. The van der Waals surface area contributed by atoms with Crippen molar-refractivity contribution >= 4 is 17.8 Å². The highest BCUT2D eigenvalue weighted by Gasteiger charge is 2.25. The van der Waals surface area contributed by atoms with Crippen LogP contribution in [0, 0.1) is 0 Å². The zero-order chi connectivity index (χ0) is 23.3. The molecule has 0 bridgehead atoms. The monoisotopic (exact) mass is 443 g/mol. The molecule has 0 atom stereocenters. The molecule has 3 aromatic heterocycles. The van der Waals surface area contributed by atoms with E-state index in [0.29, 0.717) is 19.6 Å². The van der Waals surface area contributed by atoms with E-state index in [1.54, 1.807) is 42.8 Å². The minimum Gasteiger partial charge on any atom is -0.473 e. The zero-order valence-corrected chi connectivity index (χ0v) is 17.2. The van der Waals surface area contributed by atoms with Gasteiger partial charge in [0.15, 0.2) is 11.6 Å². The summed E-state index contributed by atoms with van der Waals surface area (Å²) in [6.45, 7) is 2.24. The van der Waals surface area contributed by atoms with Gasteiger partial charge in [-0.3, -0.25) is 9.59 Å². The van der Waals surface area contributed by atoms with E-state index in [1.807, 2.05) is 10.8 Å². The van der Waals surface area contributed by atoms with Gasteiger partial charge in [0.1, 0.15) is 5.56 Å². The van der Waals surface area contributed by atoms with E-state index in [9.17, 15) is 9.59 Å². The Morgan fingerprint density at radius 1 is 1.09 bits per heavy atom. The molecule has 4 rings (SSSR count). The first-order valence-electron chi connectivity index (χ1n) is 9.55. The Bertz CT molecular complexity index is 1170. The van der Waals surface area contributed by atoms with Crippen LogP contribution in [0.3, 0.4) is 0 Å². The van der Waals surface area contributed by atoms with Crippen LogP contribution >= 0.6 is 0 Å². The summed E-state index contributed by atoms with van der Waals surface area (Å²) < 4.78 is 5.39. The van der Waals surface area contributed by atoms with Crippen LogP contribution in [0.1, 0.15) is 28.4 Å². The fourth-order valence-corrected chi connectivity index (χ4v) is 3.18. The van der Waals surface area contributed by atoms with Crippen molar-refractivity contribution in [3.05, 3.63) is 64.6 Å². The van der Waals surface area contributed by atoms with E-state index in [0.717, 1.165) is 24.6 Å². The number of hydrogen-bond acceptors (Lipinski definition) is 7. The second-order valence-corrected chi connectivity index (χ2v) is 6.95. The van der Waals surface area contributed by atoms with Gasteiger partial charge in [0, 0.05) is 38.7 Å². The van der Waals surface area contributed by atoms with Crippen molar-refractivity contribution in [3.63, 3.8) is 0 Å². The molecule has 4 heterocycles. The molecule has 13 heteroatoms. The second-order valence-electron chi connectivity index (χ2n) is 6.95. The van der Waals surface area contributed by atoms with E-state index < -0.39 is 11.9 Å². The Balaban J connectivity index is 0.000000427. The first-order valence-corrected chi connectivity index (χ1v) is 9.55. The van der Waals surface area contributed by atoms with Crippen molar-refractivity contribution in [2.75, 3.05) is 6.54 Å². The highest BCUT2D eigenvalue weighted by atomic mass is 16.4. The molecule has 0 unspecified atom stereocenters. The van der Waals surface area contributed by atoms with E-state index in [4.69, 9.17) is 19.8 Å². The quantitative estimate of drug-likeness (QED) is 0.504. The lowest BCUT2D eigenvalue weighted by atomic mass is 10.2. The molecule has 0 saturated carbocycles. The topological polar surface area (TPSA) is 165 Å². The van der Waals surface area contributed by atoms with Crippen LogP contribution in [0.15, 0.2) is 41.8 Å². The number of pyridine rings is 1. The number of aryl methyl sites for hydroxylation is 1. The summed E-state index contributed by atoms with van der Waals surface area (Å²) in [5.41, 5.74) is -0.106. The summed E-state index contributed by atoms with van der Waals surface area (Å²) in [6, 6.07) is 3.28. The van der Waals surface area contributed by atoms with Crippen LogP contribution in [0.25, 0.3) is 0 Å². The maximum absolute atomic E-state index is 12.8. The van der Waals surface area contributed by atoms with Crippen molar-refractivity contribution in [2.45, 2.75) is 26.1 Å². The van der Waals surface area contributed by atoms with Crippen LogP contribution in [-0.2, 0) is 36.3 Å². The van der Waals surface area contributed by atoms with Crippen molar-refractivity contribution < 1.29 is 24.6 Å². The van der Waals surface area contributed by atoms with Crippen LogP contribution in [-0.4, -0.2) is 68.4 Å². The van der Waals surface area contributed by atoms with E-state index in [-0.39, 0.29) is 17.0 Å². The van der Waals surface area contributed by atoms with Gasteiger partial charge in [0.25, 0.3) is 11.5 Å². The number of fused-ring (bicyclic) bond motifs is 1. The molecular formula is C19H21N7O6. The second kappa shape index (κ2) is 9.68. The Labute approximate surface area is 181 Å². The van der Waals surface area contributed by atoms with Crippen LogP contribution in [0.2, 0.25) is 0 Å². The number of amides is 1. The number of aromatic nitrogens is 6. The third kappa shape index (κ3) is 5.06. The summed E-state index contributed by atoms with van der Waals surface area (Å²) in [7, 11) is 1.64. The molecule has 1 aliphatic heterocycles. The highest BCUT2D eigenvalue weighted by molar-refractivity contribution is 6.27. The lowest BCUT2D eigenvalue weighted by Gasteiger charge is -2.19. The molecule has 32 heavy (non-hydrogen) atoms. The highest BCUT2D eigenvalue weighted by Crippen LogP contribution is 2.15. The van der Waals surface area contributed by atoms with Gasteiger partial charge in [-0.05, 0) is 18.6 Å². The number of carboxylic acids is 2. The Morgan fingerprint density at radius 3 is 2.50 bits per heavy atom.